The van der Waals surface area contributed by atoms with Crippen LogP contribution in [0.1, 0.15) is 54.1 Å². The van der Waals surface area contributed by atoms with Crippen LogP contribution in [-0.4, -0.2) is 22.8 Å². The second-order valence-corrected chi connectivity index (χ2v) is 9.80. The van der Waals surface area contributed by atoms with Crippen LogP contribution in [0.25, 0.3) is 0 Å². The molecule has 1 fully saturated rings. The number of carbonyl (C=O) groups is 2. The smallest absolute Gasteiger partial charge is 0.270 e. The predicted molar refractivity (Wildman–Crippen MR) is 138 cm³/mol. The highest BCUT2D eigenvalue weighted by Crippen LogP contribution is 2.44. The molecule has 2 aliphatic rings. The number of nitrogens with zero attached hydrogens (tertiary/aromatic N) is 2. The van der Waals surface area contributed by atoms with E-state index in [9.17, 15) is 19.7 Å². The number of nitro benzene ring substituents is 1. The number of anilines is 1. The molecule has 1 N–H and O–H groups in total. The molecule has 3 aromatic rings. The first-order chi connectivity index (χ1) is 17.4. The molecule has 0 saturated heterocycles. The molecule has 0 bridgehead atoms. The number of fused-ring (bicyclic) bond motifs is 2. The molecule has 2 amide bonds. The summed E-state index contributed by atoms with van der Waals surface area (Å²) in [6.07, 6.45) is 5.00. The number of nitrogens with one attached hydrogen (secondary N) is 1. The van der Waals surface area contributed by atoms with Crippen molar-refractivity contribution < 1.29 is 19.2 Å². The summed E-state index contributed by atoms with van der Waals surface area (Å²) in [7, 11) is 0. The summed E-state index contributed by atoms with van der Waals surface area (Å²) in [6.45, 7) is 0. The summed E-state index contributed by atoms with van der Waals surface area (Å²) in [6, 6.07) is 17.1. The number of para-hydroxylation sites is 2. The highest BCUT2D eigenvalue weighted by atomic mass is 79.9. The van der Waals surface area contributed by atoms with Crippen LogP contribution in [-0.2, 0) is 4.79 Å². The molecule has 0 radical (unpaired) electrons. The van der Waals surface area contributed by atoms with E-state index in [4.69, 9.17) is 4.74 Å². The summed E-state index contributed by atoms with van der Waals surface area (Å²) >= 11 is 3.56. The molecular weight excluding hydrogens is 526 g/mol. The van der Waals surface area contributed by atoms with Gasteiger partial charge in [-0.25, -0.2) is 0 Å². The molecule has 36 heavy (non-hydrogen) atoms. The Bertz CT molecular complexity index is 1340. The molecule has 9 heteroatoms. The van der Waals surface area contributed by atoms with Crippen LogP contribution >= 0.6 is 15.9 Å². The minimum atomic E-state index is -1.04. The van der Waals surface area contributed by atoms with E-state index in [1.807, 2.05) is 18.2 Å². The normalized spacial score (nSPS) is 16.2. The van der Waals surface area contributed by atoms with Gasteiger partial charge in [0.2, 0.25) is 5.91 Å². The van der Waals surface area contributed by atoms with Gasteiger partial charge in [0.05, 0.1) is 16.2 Å². The Morgan fingerprint density at radius 1 is 1.03 bits per heavy atom. The van der Waals surface area contributed by atoms with E-state index < -0.39 is 16.9 Å². The van der Waals surface area contributed by atoms with Crippen molar-refractivity contribution in [2.45, 2.75) is 44.2 Å². The number of hydrogen-bond donors (Lipinski definition) is 1. The summed E-state index contributed by atoms with van der Waals surface area (Å²) in [4.78, 5) is 40.4. The van der Waals surface area contributed by atoms with Crippen LogP contribution in [0.2, 0.25) is 0 Å². The van der Waals surface area contributed by atoms with Crippen molar-refractivity contribution in [3.05, 3.63) is 92.4 Å². The molecule has 1 aliphatic carbocycles. The predicted octanol–water partition coefficient (Wildman–Crippen LogP) is 6.30. The maximum atomic E-state index is 14.1. The van der Waals surface area contributed by atoms with Gasteiger partial charge in [0.15, 0.2) is 5.75 Å². The Morgan fingerprint density at radius 2 is 1.75 bits per heavy atom. The minimum absolute atomic E-state index is 0.0166. The molecular formula is C27H24BrN3O5. The molecule has 8 nitrogen and oxygen atoms in total. The van der Waals surface area contributed by atoms with E-state index in [2.05, 4.69) is 21.2 Å². The number of halogens is 1. The van der Waals surface area contributed by atoms with Gasteiger partial charge in [-0.1, -0.05) is 65.5 Å². The molecule has 184 valence electrons. The lowest BCUT2D eigenvalue weighted by atomic mass is 9.94. The third kappa shape index (κ3) is 4.58. The average molecular weight is 550 g/mol. The number of amides is 2. The molecule has 1 unspecified atom stereocenters. The zero-order valence-corrected chi connectivity index (χ0v) is 20.9. The fraction of sp³-hybridized carbons (Fsp3) is 0.259. The Morgan fingerprint density at radius 3 is 2.50 bits per heavy atom. The van der Waals surface area contributed by atoms with Crippen LogP contribution in [0.3, 0.4) is 0 Å². The standard InChI is InChI=1S/C27H24BrN3O5/c28-21-11-5-4-10-19(21)25(26(32)29-17-8-2-1-3-9-17)30-22-12-6-7-13-24(22)36-23-15-14-18(31(34)35)16-20(23)27(30)33/h4-7,10-17,25H,1-3,8-9H2,(H,29,32). The molecule has 3 aromatic carbocycles. The van der Waals surface area contributed by atoms with E-state index in [0.29, 0.717) is 21.5 Å². The van der Waals surface area contributed by atoms with E-state index in [0.717, 1.165) is 32.1 Å². The third-order valence-corrected chi connectivity index (χ3v) is 7.35. The molecule has 0 aromatic heterocycles. The SMILES string of the molecule is O=C(NC1CCCCC1)C(c1ccccc1Br)N1C(=O)c2cc([N+](=O)[O-])ccc2Oc2ccccc21. The number of benzene rings is 3. The molecule has 1 saturated carbocycles. The minimum Gasteiger partial charge on any atom is -0.454 e. The molecule has 1 aliphatic heterocycles. The summed E-state index contributed by atoms with van der Waals surface area (Å²) in [5.41, 5.74) is 0.785. The number of hydrogen-bond acceptors (Lipinski definition) is 5. The topological polar surface area (TPSA) is 102 Å². The maximum Gasteiger partial charge on any atom is 0.270 e. The van der Waals surface area contributed by atoms with Crippen molar-refractivity contribution in [2.75, 3.05) is 4.90 Å². The average Bonchev–Trinajstić information content (AvgIpc) is 3.00. The quantitative estimate of drug-likeness (QED) is 0.297. The largest absolute Gasteiger partial charge is 0.454 e. The van der Waals surface area contributed by atoms with E-state index >= 15 is 0 Å². The maximum absolute atomic E-state index is 14.1. The fourth-order valence-corrected chi connectivity index (χ4v) is 5.37. The van der Waals surface area contributed by atoms with Crippen molar-refractivity contribution in [3.63, 3.8) is 0 Å². The van der Waals surface area contributed by atoms with Crippen molar-refractivity contribution in [1.82, 2.24) is 5.32 Å². The van der Waals surface area contributed by atoms with E-state index in [1.165, 1.54) is 23.1 Å². The first-order valence-corrected chi connectivity index (χ1v) is 12.7. The van der Waals surface area contributed by atoms with Gasteiger partial charge < -0.3 is 10.1 Å². The van der Waals surface area contributed by atoms with Crippen LogP contribution in [0.4, 0.5) is 11.4 Å². The summed E-state index contributed by atoms with van der Waals surface area (Å²) in [5.74, 6) is -0.302. The first kappa shape index (κ1) is 24.0. The monoisotopic (exact) mass is 549 g/mol. The Labute approximate surface area is 216 Å². The first-order valence-electron chi connectivity index (χ1n) is 11.9. The van der Waals surface area contributed by atoms with E-state index in [1.54, 1.807) is 30.3 Å². The number of rotatable bonds is 5. The highest BCUT2D eigenvalue weighted by Gasteiger charge is 2.40. The van der Waals surface area contributed by atoms with Crippen LogP contribution in [0.5, 0.6) is 11.5 Å². The highest BCUT2D eigenvalue weighted by molar-refractivity contribution is 9.10. The zero-order valence-electron chi connectivity index (χ0n) is 19.4. The second-order valence-electron chi connectivity index (χ2n) is 8.95. The van der Waals surface area contributed by atoms with Crippen molar-refractivity contribution in [1.29, 1.82) is 0 Å². The Kier molecular flexibility index (Phi) is 6.73. The molecule has 1 heterocycles. The molecule has 0 spiro atoms. The number of non-ortho nitro benzene ring substituents is 1. The lowest BCUT2D eigenvalue weighted by Crippen LogP contribution is -2.47. The van der Waals surface area contributed by atoms with Crippen molar-refractivity contribution in [2.24, 2.45) is 0 Å². The lowest BCUT2D eigenvalue weighted by Gasteiger charge is -2.33. The van der Waals surface area contributed by atoms with Crippen molar-refractivity contribution in [3.8, 4) is 11.5 Å². The van der Waals surface area contributed by atoms with Crippen molar-refractivity contribution >= 4 is 39.1 Å². The number of nitro groups is 1. The van der Waals surface area contributed by atoms with Gasteiger partial charge in [0.1, 0.15) is 11.8 Å². The fourth-order valence-electron chi connectivity index (χ4n) is 4.87. The zero-order chi connectivity index (χ0) is 25.2. The summed E-state index contributed by atoms with van der Waals surface area (Å²) < 4.78 is 6.73. The summed E-state index contributed by atoms with van der Waals surface area (Å²) in [5, 5.41) is 14.6. The van der Waals surface area contributed by atoms with Gasteiger partial charge in [-0.15, -0.1) is 0 Å². The Hall–Kier alpha value is -3.72. The molecule has 1 atom stereocenters. The van der Waals surface area contributed by atoms with Gasteiger partial charge in [-0.2, -0.15) is 0 Å². The van der Waals surface area contributed by atoms with Gasteiger partial charge in [0.25, 0.3) is 11.6 Å². The lowest BCUT2D eigenvalue weighted by molar-refractivity contribution is -0.384. The van der Waals surface area contributed by atoms with Crippen LogP contribution in [0, 0.1) is 10.1 Å². The van der Waals surface area contributed by atoms with E-state index in [-0.39, 0.29) is 28.9 Å². The third-order valence-electron chi connectivity index (χ3n) is 6.63. The van der Waals surface area contributed by atoms with Gasteiger partial charge in [-0.3, -0.25) is 24.6 Å². The Balaban J connectivity index is 1.67. The van der Waals surface area contributed by atoms with Crippen LogP contribution < -0.4 is 15.0 Å². The van der Waals surface area contributed by atoms with Gasteiger partial charge >= 0.3 is 0 Å². The second kappa shape index (κ2) is 10.1. The van der Waals surface area contributed by atoms with Crippen LogP contribution in [0.15, 0.2) is 71.2 Å². The van der Waals surface area contributed by atoms with Gasteiger partial charge in [-0.05, 0) is 42.7 Å². The number of carbonyl (C=O) groups excluding carboxylic acids is 2. The molecule has 5 rings (SSSR count). The number of ether oxygens (including phenoxy) is 1. The van der Waals surface area contributed by atoms with Gasteiger partial charge in [0, 0.05) is 22.6 Å².